The van der Waals surface area contributed by atoms with Crippen molar-refractivity contribution in [2.75, 3.05) is 12.1 Å². The number of nitro groups is 1. The van der Waals surface area contributed by atoms with Crippen molar-refractivity contribution in [2.45, 2.75) is 6.61 Å². The second kappa shape index (κ2) is 6.22. The van der Waals surface area contributed by atoms with Crippen molar-refractivity contribution in [1.82, 2.24) is 0 Å². The number of rotatable bonds is 4. The van der Waals surface area contributed by atoms with Gasteiger partial charge in [0.25, 0.3) is 5.69 Å². The van der Waals surface area contributed by atoms with Crippen LogP contribution in [-0.4, -0.2) is 17.8 Å². The zero-order valence-corrected chi connectivity index (χ0v) is 11.9. The Morgan fingerprint density at radius 3 is 2.61 bits per heavy atom. The van der Waals surface area contributed by atoms with Crippen LogP contribution in [0, 0.1) is 10.1 Å². The van der Waals surface area contributed by atoms with Crippen LogP contribution in [0.25, 0.3) is 0 Å². The number of anilines is 1. The van der Waals surface area contributed by atoms with E-state index in [0.717, 1.165) is 5.56 Å². The van der Waals surface area contributed by atoms with Gasteiger partial charge in [-0.3, -0.25) is 15.4 Å². The molecule has 0 aromatic heterocycles. The fourth-order valence-electron chi connectivity index (χ4n) is 2.05. The summed E-state index contributed by atoms with van der Waals surface area (Å²) in [5.74, 6) is 0.592. The molecule has 0 aliphatic carbocycles. The molecule has 3 rings (SSSR count). The zero-order chi connectivity index (χ0) is 16.2. The van der Waals surface area contributed by atoms with Crippen molar-refractivity contribution in [3.8, 4) is 11.5 Å². The van der Waals surface area contributed by atoms with Gasteiger partial charge < -0.3 is 14.2 Å². The van der Waals surface area contributed by atoms with Gasteiger partial charge in [-0.2, -0.15) is 0 Å². The van der Waals surface area contributed by atoms with Crippen LogP contribution in [0.4, 0.5) is 16.2 Å². The third kappa shape index (κ3) is 3.31. The minimum atomic E-state index is -0.796. The average molecular weight is 316 g/mol. The van der Waals surface area contributed by atoms with Gasteiger partial charge >= 0.3 is 6.09 Å². The molecule has 0 saturated carbocycles. The number of carbonyl (C=O) groups excluding carboxylic acids is 1. The SMILES string of the molecule is O=C(Nc1cc2c(cc1[N+](=O)[O-])OCO2)OCc1ccccc1. The molecule has 0 fully saturated rings. The van der Waals surface area contributed by atoms with Crippen molar-refractivity contribution in [3.63, 3.8) is 0 Å². The van der Waals surface area contributed by atoms with Crippen LogP contribution in [0.1, 0.15) is 5.56 Å². The number of amides is 1. The van der Waals surface area contributed by atoms with Crippen LogP contribution in [0.3, 0.4) is 0 Å². The third-order valence-electron chi connectivity index (χ3n) is 3.14. The smallest absolute Gasteiger partial charge is 0.412 e. The van der Waals surface area contributed by atoms with Crippen molar-refractivity contribution >= 4 is 17.5 Å². The van der Waals surface area contributed by atoms with E-state index in [1.165, 1.54) is 12.1 Å². The van der Waals surface area contributed by atoms with E-state index < -0.39 is 11.0 Å². The Kier molecular flexibility index (Phi) is 3.96. The lowest BCUT2D eigenvalue weighted by atomic mass is 10.2. The third-order valence-corrected chi connectivity index (χ3v) is 3.14. The molecule has 2 aromatic rings. The number of nitro benzene ring substituents is 1. The molecule has 1 amide bonds. The lowest BCUT2D eigenvalue weighted by Crippen LogP contribution is -2.14. The molecule has 1 aliphatic rings. The molecule has 8 nitrogen and oxygen atoms in total. The highest BCUT2D eigenvalue weighted by atomic mass is 16.7. The molecule has 1 aliphatic heterocycles. The van der Waals surface area contributed by atoms with E-state index >= 15 is 0 Å². The van der Waals surface area contributed by atoms with Gasteiger partial charge in [0, 0.05) is 6.07 Å². The molecule has 1 heterocycles. The summed E-state index contributed by atoms with van der Waals surface area (Å²) in [6.45, 7) is 0.0411. The maximum Gasteiger partial charge on any atom is 0.412 e. The van der Waals surface area contributed by atoms with Crippen molar-refractivity contribution in [1.29, 1.82) is 0 Å². The summed E-state index contributed by atoms with van der Waals surface area (Å²) < 4.78 is 15.3. The highest BCUT2D eigenvalue weighted by molar-refractivity contribution is 5.89. The summed E-state index contributed by atoms with van der Waals surface area (Å²) in [5, 5.41) is 13.5. The summed E-state index contributed by atoms with van der Waals surface area (Å²) in [6, 6.07) is 11.6. The van der Waals surface area contributed by atoms with Gasteiger partial charge in [-0.05, 0) is 5.56 Å². The molecule has 1 N–H and O–H groups in total. The van der Waals surface area contributed by atoms with Gasteiger partial charge in [0.15, 0.2) is 11.5 Å². The van der Waals surface area contributed by atoms with E-state index in [0.29, 0.717) is 5.75 Å². The average Bonchev–Trinajstić information content (AvgIpc) is 3.00. The first-order valence-corrected chi connectivity index (χ1v) is 6.69. The van der Waals surface area contributed by atoms with Gasteiger partial charge in [-0.1, -0.05) is 30.3 Å². The van der Waals surface area contributed by atoms with Gasteiger partial charge in [0.1, 0.15) is 12.3 Å². The zero-order valence-electron chi connectivity index (χ0n) is 11.9. The number of hydrogen-bond donors (Lipinski definition) is 1. The quantitative estimate of drug-likeness (QED) is 0.687. The van der Waals surface area contributed by atoms with E-state index in [1.54, 1.807) is 12.1 Å². The van der Waals surface area contributed by atoms with Crippen LogP contribution in [0.15, 0.2) is 42.5 Å². The van der Waals surface area contributed by atoms with Crippen LogP contribution >= 0.6 is 0 Å². The molecular formula is C15H12N2O6. The first-order valence-electron chi connectivity index (χ1n) is 6.69. The molecular weight excluding hydrogens is 304 g/mol. The van der Waals surface area contributed by atoms with E-state index in [4.69, 9.17) is 14.2 Å². The summed E-state index contributed by atoms with van der Waals surface area (Å²) in [7, 11) is 0. The normalized spacial score (nSPS) is 11.8. The van der Waals surface area contributed by atoms with E-state index in [-0.39, 0.29) is 30.5 Å². The molecule has 118 valence electrons. The van der Waals surface area contributed by atoms with Crippen LogP contribution in [0.5, 0.6) is 11.5 Å². The van der Waals surface area contributed by atoms with Gasteiger partial charge in [0.2, 0.25) is 6.79 Å². The molecule has 0 spiro atoms. The number of fused-ring (bicyclic) bond motifs is 1. The fourth-order valence-corrected chi connectivity index (χ4v) is 2.05. The van der Waals surface area contributed by atoms with E-state index in [1.807, 2.05) is 18.2 Å². The Hall–Kier alpha value is -3.29. The molecule has 0 atom stereocenters. The Morgan fingerprint density at radius 1 is 1.22 bits per heavy atom. The molecule has 0 bridgehead atoms. The number of benzene rings is 2. The minimum Gasteiger partial charge on any atom is -0.454 e. The topological polar surface area (TPSA) is 99.9 Å². The van der Waals surface area contributed by atoms with Crippen LogP contribution in [0.2, 0.25) is 0 Å². The lowest BCUT2D eigenvalue weighted by molar-refractivity contribution is -0.384. The second-order valence-electron chi connectivity index (χ2n) is 4.67. The summed E-state index contributed by atoms with van der Waals surface area (Å²) >= 11 is 0. The number of hydrogen-bond acceptors (Lipinski definition) is 6. The summed E-state index contributed by atoms with van der Waals surface area (Å²) in [6.07, 6.45) is -0.796. The predicted molar refractivity (Wildman–Crippen MR) is 79.5 cm³/mol. The lowest BCUT2D eigenvalue weighted by Gasteiger charge is -2.08. The Bertz CT molecular complexity index is 747. The van der Waals surface area contributed by atoms with Gasteiger partial charge in [0.05, 0.1) is 11.0 Å². The second-order valence-corrected chi connectivity index (χ2v) is 4.67. The first kappa shape index (κ1) is 14.6. The number of nitrogens with one attached hydrogen (secondary N) is 1. The van der Waals surface area contributed by atoms with Gasteiger partial charge in [-0.25, -0.2) is 4.79 Å². The highest BCUT2D eigenvalue weighted by Crippen LogP contribution is 2.40. The molecule has 8 heteroatoms. The standard InChI is InChI=1S/C15H12N2O6/c18-15(21-8-10-4-2-1-3-5-10)16-11-6-13-14(23-9-22-13)7-12(11)17(19)20/h1-7H,8-9H2,(H,16,18). The number of ether oxygens (including phenoxy) is 3. The molecule has 0 radical (unpaired) electrons. The van der Waals surface area contributed by atoms with Gasteiger partial charge in [-0.15, -0.1) is 0 Å². The van der Waals surface area contributed by atoms with E-state index in [2.05, 4.69) is 5.32 Å². The monoisotopic (exact) mass is 316 g/mol. The Balaban J connectivity index is 1.71. The minimum absolute atomic E-state index is 0.0164. The maximum absolute atomic E-state index is 11.8. The molecule has 0 unspecified atom stereocenters. The highest BCUT2D eigenvalue weighted by Gasteiger charge is 2.24. The predicted octanol–water partition coefficient (Wildman–Crippen LogP) is 3.07. The van der Waals surface area contributed by atoms with Crippen molar-refractivity contribution < 1.29 is 23.9 Å². The Labute approximate surface area is 130 Å². The first-order chi connectivity index (χ1) is 11.1. The largest absolute Gasteiger partial charge is 0.454 e. The summed E-state index contributed by atoms with van der Waals surface area (Å²) in [4.78, 5) is 22.3. The Morgan fingerprint density at radius 2 is 1.91 bits per heavy atom. The van der Waals surface area contributed by atoms with Crippen LogP contribution in [-0.2, 0) is 11.3 Å². The number of nitrogens with zero attached hydrogens (tertiary/aromatic N) is 1. The molecule has 0 saturated heterocycles. The van der Waals surface area contributed by atoms with E-state index in [9.17, 15) is 14.9 Å². The molecule has 2 aromatic carbocycles. The van der Waals surface area contributed by atoms with Crippen molar-refractivity contribution in [2.24, 2.45) is 0 Å². The molecule has 23 heavy (non-hydrogen) atoms. The maximum atomic E-state index is 11.8. The fraction of sp³-hybridized carbons (Fsp3) is 0.133. The summed E-state index contributed by atoms with van der Waals surface area (Å²) in [5.41, 5.74) is 0.492. The van der Waals surface area contributed by atoms with Crippen LogP contribution < -0.4 is 14.8 Å². The van der Waals surface area contributed by atoms with Crippen molar-refractivity contribution in [3.05, 3.63) is 58.1 Å². The number of carbonyl (C=O) groups is 1.